The van der Waals surface area contributed by atoms with Crippen molar-refractivity contribution in [3.63, 3.8) is 0 Å². The van der Waals surface area contributed by atoms with Crippen molar-refractivity contribution in [3.05, 3.63) is 93.3 Å². The second-order valence-corrected chi connectivity index (χ2v) is 6.60. The van der Waals surface area contributed by atoms with Crippen molar-refractivity contribution in [1.29, 1.82) is 0 Å². The van der Waals surface area contributed by atoms with Gasteiger partial charge in [0, 0.05) is 15.1 Å². The fraction of sp³-hybridized carbons (Fsp3) is 0.0500. The number of halogens is 2. The van der Waals surface area contributed by atoms with Crippen LogP contribution in [0.25, 0.3) is 6.08 Å². The van der Waals surface area contributed by atoms with Crippen LogP contribution in [-0.4, -0.2) is 5.78 Å². The Hall–Kier alpha value is -2.30. The Balaban J connectivity index is 1.58. The van der Waals surface area contributed by atoms with Crippen LogP contribution < -0.4 is 4.74 Å². The Labute approximate surface area is 159 Å². The van der Waals surface area contributed by atoms with Gasteiger partial charge in [0.25, 0.3) is 0 Å². The van der Waals surface area contributed by atoms with Gasteiger partial charge in [0.15, 0.2) is 5.78 Å². The highest BCUT2D eigenvalue weighted by molar-refractivity contribution is 9.10. The van der Waals surface area contributed by atoms with Gasteiger partial charge in [0.05, 0.1) is 0 Å². The number of ether oxygens (including phenoxy) is 1. The lowest BCUT2D eigenvalue weighted by atomic mass is 10.1. The third kappa shape index (κ3) is 5.08. The average molecular weight is 418 g/mol. The molecule has 3 rings (SSSR count). The first kappa shape index (κ1) is 17.5. The summed E-state index contributed by atoms with van der Waals surface area (Å²) in [5.41, 5.74) is 0.575. The summed E-state index contributed by atoms with van der Waals surface area (Å²) in [6.07, 6.45) is 3.11. The quantitative estimate of drug-likeness (QED) is 0.355. The molecule has 0 bridgehead atoms. The lowest BCUT2D eigenvalue weighted by molar-refractivity contribution is 0.104. The number of hydrogen-bond acceptors (Lipinski definition) is 3. The molecule has 0 aliphatic carbocycles. The number of allylic oxidation sites excluding steroid dienone is 1. The molecule has 1 heterocycles. The van der Waals surface area contributed by atoms with E-state index in [1.54, 1.807) is 36.4 Å². The van der Waals surface area contributed by atoms with Crippen molar-refractivity contribution in [1.82, 2.24) is 0 Å². The van der Waals surface area contributed by atoms with Gasteiger partial charge in [-0.3, -0.25) is 4.79 Å². The minimum absolute atomic E-state index is 0.110. The third-order valence-corrected chi connectivity index (χ3v) is 4.19. The van der Waals surface area contributed by atoms with Crippen LogP contribution in [0.2, 0.25) is 5.02 Å². The SMILES string of the molecule is O=C(/C=C/c1ccc(COc2ccc(Br)cc2)o1)c1ccc(Cl)cc1. The molecule has 3 nitrogen and oxygen atoms in total. The summed E-state index contributed by atoms with van der Waals surface area (Å²) in [6.45, 7) is 0.320. The summed E-state index contributed by atoms with van der Waals surface area (Å²) >= 11 is 9.19. The van der Waals surface area contributed by atoms with E-state index in [2.05, 4.69) is 15.9 Å². The Morgan fingerprint density at radius 3 is 2.48 bits per heavy atom. The number of carbonyl (C=O) groups is 1. The molecular weight excluding hydrogens is 404 g/mol. The zero-order valence-corrected chi connectivity index (χ0v) is 15.5. The van der Waals surface area contributed by atoms with Crippen LogP contribution in [-0.2, 0) is 6.61 Å². The number of ketones is 1. The summed E-state index contributed by atoms with van der Waals surface area (Å²) in [6, 6.07) is 17.9. The van der Waals surface area contributed by atoms with Crippen molar-refractivity contribution < 1.29 is 13.9 Å². The highest BCUT2D eigenvalue weighted by atomic mass is 79.9. The van der Waals surface area contributed by atoms with Crippen molar-refractivity contribution in [2.24, 2.45) is 0 Å². The number of hydrogen-bond donors (Lipinski definition) is 0. The fourth-order valence-electron chi connectivity index (χ4n) is 2.12. The van der Waals surface area contributed by atoms with Gasteiger partial charge in [-0.1, -0.05) is 27.5 Å². The van der Waals surface area contributed by atoms with E-state index < -0.39 is 0 Å². The number of furan rings is 1. The maximum absolute atomic E-state index is 12.1. The Morgan fingerprint density at radius 2 is 1.76 bits per heavy atom. The fourth-order valence-corrected chi connectivity index (χ4v) is 2.51. The number of rotatable bonds is 6. The van der Waals surface area contributed by atoms with E-state index >= 15 is 0 Å². The largest absolute Gasteiger partial charge is 0.486 e. The maximum Gasteiger partial charge on any atom is 0.185 e. The molecule has 25 heavy (non-hydrogen) atoms. The molecule has 0 unspecified atom stereocenters. The average Bonchev–Trinajstić information content (AvgIpc) is 3.08. The molecule has 1 aromatic heterocycles. The van der Waals surface area contributed by atoms with E-state index in [0.29, 0.717) is 28.7 Å². The van der Waals surface area contributed by atoms with E-state index in [1.165, 1.54) is 6.08 Å². The summed E-state index contributed by atoms with van der Waals surface area (Å²) in [5.74, 6) is 1.92. The molecule has 0 spiro atoms. The van der Waals surface area contributed by atoms with Gasteiger partial charge in [-0.2, -0.15) is 0 Å². The zero-order valence-electron chi connectivity index (χ0n) is 13.1. The molecule has 0 saturated carbocycles. The van der Waals surface area contributed by atoms with E-state index in [-0.39, 0.29) is 5.78 Å². The smallest absolute Gasteiger partial charge is 0.185 e. The first-order chi connectivity index (χ1) is 12.1. The summed E-state index contributed by atoms with van der Waals surface area (Å²) in [4.78, 5) is 12.1. The zero-order chi connectivity index (χ0) is 17.6. The van der Waals surface area contributed by atoms with Gasteiger partial charge >= 0.3 is 0 Å². The molecule has 0 saturated heterocycles. The molecule has 0 aliphatic heterocycles. The van der Waals surface area contributed by atoms with Crippen LogP contribution in [0, 0.1) is 0 Å². The van der Waals surface area contributed by atoms with Crippen LogP contribution in [0.5, 0.6) is 5.75 Å². The molecule has 0 aliphatic rings. The molecule has 5 heteroatoms. The molecule has 0 atom stereocenters. The second-order valence-electron chi connectivity index (χ2n) is 5.25. The highest BCUT2D eigenvalue weighted by Crippen LogP contribution is 2.18. The minimum atomic E-state index is -0.110. The first-order valence-electron chi connectivity index (χ1n) is 7.55. The van der Waals surface area contributed by atoms with Crippen LogP contribution in [0.4, 0.5) is 0 Å². The normalized spacial score (nSPS) is 11.0. The van der Waals surface area contributed by atoms with Gasteiger partial charge in [0.2, 0.25) is 0 Å². The van der Waals surface area contributed by atoms with E-state index in [0.717, 1.165) is 10.2 Å². The predicted octanol–water partition coefficient (Wildman–Crippen LogP) is 6.17. The van der Waals surface area contributed by atoms with Crippen molar-refractivity contribution in [2.75, 3.05) is 0 Å². The highest BCUT2D eigenvalue weighted by Gasteiger charge is 2.04. The lowest BCUT2D eigenvalue weighted by Crippen LogP contribution is -1.93. The minimum Gasteiger partial charge on any atom is -0.486 e. The van der Waals surface area contributed by atoms with Gasteiger partial charge in [-0.05, 0) is 72.8 Å². The van der Waals surface area contributed by atoms with Gasteiger partial charge in [0.1, 0.15) is 23.9 Å². The maximum atomic E-state index is 12.1. The van der Waals surface area contributed by atoms with Crippen LogP contribution in [0.3, 0.4) is 0 Å². The standard InChI is InChI=1S/C20H14BrClO3/c21-15-3-7-17(8-4-15)24-13-19-10-9-18(25-19)11-12-20(23)14-1-5-16(22)6-2-14/h1-12H,13H2/b12-11+. The van der Waals surface area contributed by atoms with Crippen molar-refractivity contribution in [3.8, 4) is 5.75 Å². The van der Waals surface area contributed by atoms with Gasteiger partial charge in [-0.25, -0.2) is 0 Å². The molecule has 0 fully saturated rings. The lowest BCUT2D eigenvalue weighted by Gasteiger charge is -2.03. The van der Waals surface area contributed by atoms with Crippen LogP contribution in [0.1, 0.15) is 21.9 Å². The monoisotopic (exact) mass is 416 g/mol. The van der Waals surface area contributed by atoms with E-state index in [9.17, 15) is 4.79 Å². The Kier molecular flexibility index (Phi) is 5.74. The molecule has 0 radical (unpaired) electrons. The molecule has 2 aromatic carbocycles. The Bertz CT molecular complexity index is 880. The predicted molar refractivity (Wildman–Crippen MR) is 102 cm³/mol. The topological polar surface area (TPSA) is 39.4 Å². The molecule has 0 N–H and O–H groups in total. The van der Waals surface area contributed by atoms with E-state index in [4.69, 9.17) is 20.8 Å². The molecule has 3 aromatic rings. The summed E-state index contributed by atoms with van der Waals surface area (Å²) < 4.78 is 12.3. The molecule has 126 valence electrons. The van der Waals surface area contributed by atoms with Crippen molar-refractivity contribution in [2.45, 2.75) is 6.61 Å². The molecule has 0 amide bonds. The van der Waals surface area contributed by atoms with Gasteiger partial charge in [-0.15, -0.1) is 0 Å². The third-order valence-electron chi connectivity index (χ3n) is 3.40. The molecular formula is C20H14BrClO3. The van der Waals surface area contributed by atoms with Crippen molar-refractivity contribution >= 4 is 39.4 Å². The summed E-state index contributed by atoms with van der Waals surface area (Å²) in [5, 5.41) is 0.599. The van der Waals surface area contributed by atoms with Crippen LogP contribution in [0.15, 0.2) is 75.6 Å². The Morgan fingerprint density at radius 1 is 1.04 bits per heavy atom. The summed E-state index contributed by atoms with van der Waals surface area (Å²) in [7, 11) is 0. The van der Waals surface area contributed by atoms with E-state index in [1.807, 2.05) is 30.3 Å². The number of carbonyl (C=O) groups excluding carboxylic acids is 1. The van der Waals surface area contributed by atoms with Gasteiger partial charge < -0.3 is 9.15 Å². The van der Waals surface area contributed by atoms with Crippen LogP contribution >= 0.6 is 27.5 Å². The number of benzene rings is 2. The first-order valence-corrected chi connectivity index (χ1v) is 8.72. The second kappa shape index (κ2) is 8.19.